The van der Waals surface area contributed by atoms with Gasteiger partial charge in [-0.1, -0.05) is 15.9 Å². The Balaban J connectivity index is 1.92. The van der Waals surface area contributed by atoms with Crippen LogP contribution in [0.1, 0.15) is 19.3 Å². The van der Waals surface area contributed by atoms with Crippen LogP contribution < -0.4 is 5.32 Å². The number of amides is 1. The molecule has 1 amide bonds. The van der Waals surface area contributed by atoms with Crippen LogP contribution in [0.25, 0.3) is 0 Å². The molecule has 0 aliphatic carbocycles. The third kappa shape index (κ3) is 5.49. The van der Waals surface area contributed by atoms with Crippen LogP contribution in [-0.2, 0) is 14.3 Å². The van der Waals surface area contributed by atoms with Crippen molar-refractivity contribution < 1.29 is 14.3 Å². The van der Waals surface area contributed by atoms with Gasteiger partial charge in [-0.2, -0.15) is 0 Å². The first-order chi connectivity index (χ1) is 7.34. The number of ether oxygens (including phenoxy) is 2. The second kappa shape index (κ2) is 8.07. The molecule has 5 heteroatoms. The van der Waals surface area contributed by atoms with Crippen LogP contribution >= 0.6 is 15.9 Å². The first kappa shape index (κ1) is 12.9. The van der Waals surface area contributed by atoms with E-state index in [0.29, 0.717) is 19.8 Å². The quantitative estimate of drug-likeness (QED) is 0.561. The van der Waals surface area contributed by atoms with Gasteiger partial charge in [0, 0.05) is 25.1 Å². The predicted molar refractivity (Wildman–Crippen MR) is 61.2 cm³/mol. The molecule has 1 heterocycles. The molecule has 1 saturated heterocycles. The van der Waals surface area contributed by atoms with E-state index in [-0.39, 0.29) is 12.0 Å². The Bertz CT molecular complexity index is 184. The highest BCUT2D eigenvalue weighted by atomic mass is 79.9. The van der Waals surface area contributed by atoms with Crippen molar-refractivity contribution in [1.82, 2.24) is 5.32 Å². The molecule has 1 rings (SSSR count). The maximum atomic E-state index is 11.4. The summed E-state index contributed by atoms with van der Waals surface area (Å²) < 4.78 is 10.5. The largest absolute Gasteiger partial charge is 0.381 e. The fourth-order valence-electron chi connectivity index (χ4n) is 1.44. The summed E-state index contributed by atoms with van der Waals surface area (Å²) in [7, 11) is 0. The Morgan fingerprint density at radius 3 is 3.07 bits per heavy atom. The topological polar surface area (TPSA) is 47.6 Å². The minimum absolute atomic E-state index is 0.0213. The molecule has 1 N–H and O–H groups in total. The molecule has 0 bridgehead atoms. The lowest BCUT2D eigenvalue weighted by Crippen LogP contribution is -2.35. The Morgan fingerprint density at radius 2 is 2.40 bits per heavy atom. The minimum Gasteiger partial charge on any atom is -0.381 e. The van der Waals surface area contributed by atoms with E-state index in [9.17, 15) is 4.79 Å². The van der Waals surface area contributed by atoms with Crippen molar-refractivity contribution in [3.63, 3.8) is 0 Å². The zero-order valence-corrected chi connectivity index (χ0v) is 10.4. The zero-order valence-electron chi connectivity index (χ0n) is 8.84. The molecular weight excluding hydrogens is 262 g/mol. The number of nitrogens with one attached hydrogen (secondary N) is 1. The van der Waals surface area contributed by atoms with Gasteiger partial charge < -0.3 is 14.8 Å². The van der Waals surface area contributed by atoms with Crippen LogP contribution in [-0.4, -0.2) is 43.7 Å². The first-order valence-electron chi connectivity index (χ1n) is 5.37. The number of hydrogen-bond acceptors (Lipinski definition) is 3. The summed E-state index contributed by atoms with van der Waals surface area (Å²) in [4.78, 5) is 11.4. The number of halogens is 1. The van der Waals surface area contributed by atoms with Gasteiger partial charge in [0.25, 0.3) is 0 Å². The summed E-state index contributed by atoms with van der Waals surface area (Å²) in [6.45, 7) is 2.80. The first-order valence-corrected chi connectivity index (χ1v) is 6.50. The lowest BCUT2D eigenvalue weighted by Gasteiger charge is -2.10. The standard InChI is InChI=1S/C10H18BrNO3/c11-4-8-14-6-2-5-12-10(13)9-3-1-7-15-9/h9H,1-8H2,(H,12,13). The number of hydrogen-bond donors (Lipinski definition) is 1. The second-order valence-corrected chi connectivity index (χ2v) is 4.24. The normalized spacial score (nSPS) is 20.5. The van der Waals surface area contributed by atoms with E-state index >= 15 is 0 Å². The average Bonchev–Trinajstić information content (AvgIpc) is 2.76. The van der Waals surface area contributed by atoms with Gasteiger partial charge in [0.05, 0.1) is 6.61 Å². The monoisotopic (exact) mass is 279 g/mol. The van der Waals surface area contributed by atoms with Gasteiger partial charge in [0.1, 0.15) is 6.10 Å². The summed E-state index contributed by atoms with van der Waals surface area (Å²) in [5.41, 5.74) is 0. The van der Waals surface area contributed by atoms with E-state index in [2.05, 4.69) is 21.2 Å². The molecule has 0 saturated carbocycles. The van der Waals surface area contributed by atoms with E-state index in [4.69, 9.17) is 9.47 Å². The highest BCUT2D eigenvalue weighted by molar-refractivity contribution is 9.09. The Hall–Kier alpha value is -0.130. The fraction of sp³-hybridized carbons (Fsp3) is 0.900. The second-order valence-electron chi connectivity index (χ2n) is 3.45. The van der Waals surface area contributed by atoms with Crippen molar-refractivity contribution in [3.8, 4) is 0 Å². The lowest BCUT2D eigenvalue weighted by molar-refractivity contribution is -0.130. The summed E-state index contributed by atoms with van der Waals surface area (Å²) in [6.07, 6.45) is 2.48. The zero-order chi connectivity index (χ0) is 10.9. The van der Waals surface area contributed by atoms with Crippen LogP contribution in [0.15, 0.2) is 0 Å². The third-order valence-corrected chi connectivity index (χ3v) is 2.53. The van der Waals surface area contributed by atoms with Crippen LogP contribution in [0, 0.1) is 0 Å². The number of alkyl halides is 1. The molecule has 0 radical (unpaired) electrons. The molecule has 0 aromatic carbocycles. The van der Waals surface area contributed by atoms with Gasteiger partial charge in [0.15, 0.2) is 0 Å². The Morgan fingerprint density at radius 1 is 1.53 bits per heavy atom. The van der Waals surface area contributed by atoms with Gasteiger partial charge in [0.2, 0.25) is 5.91 Å². The number of carbonyl (C=O) groups is 1. The van der Waals surface area contributed by atoms with E-state index in [1.165, 1.54) is 0 Å². The molecule has 0 spiro atoms. The van der Waals surface area contributed by atoms with Crippen molar-refractivity contribution in [2.24, 2.45) is 0 Å². The van der Waals surface area contributed by atoms with Crippen LogP contribution in [0.2, 0.25) is 0 Å². The molecule has 1 aliphatic heterocycles. The maximum absolute atomic E-state index is 11.4. The number of rotatable bonds is 7. The van der Waals surface area contributed by atoms with Gasteiger partial charge >= 0.3 is 0 Å². The van der Waals surface area contributed by atoms with Crippen molar-refractivity contribution >= 4 is 21.8 Å². The van der Waals surface area contributed by atoms with E-state index in [1.54, 1.807) is 0 Å². The lowest BCUT2D eigenvalue weighted by atomic mass is 10.2. The van der Waals surface area contributed by atoms with Crippen molar-refractivity contribution in [2.75, 3.05) is 31.7 Å². The van der Waals surface area contributed by atoms with Crippen molar-refractivity contribution in [1.29, 1.82) is 0 Å². The maximum Gasteiger partial charge on any atom is 0.249 e. The molecule has 15 heavy (non-hydrogen) atoms. The van der Waals surface area contributed by atoms with Gasteiger partial charge in [-0.15, -0.1) is 0 Å². The smallest absolute Gasteiger partial charge is 0.249 e. The van der Waals surface area contributed by atoms with Crippen LogP contribution in [0.5, 0.6) is 0 Å². The highest BCUT2D eigenvalue weighted by Crippen LogP contribution is 2.11. The van der Waals surface area contributed by atoms with Gasteiger partial charge in [-0.3, -0.25) is 4.79 Å². The highest BCUT2D eigenvalue weighted by Gasteiger charge is 2.22. The molecule has 1 aliphatic rings. The van der Waals surface area contributed by atoms with Gasteiger partial charge in [-0.25, -0.2) is 0 Å². The Kier molecular flexibility index (Phi) is 6.96. The number of carbonyl (C=O) groups excluding carboxylic acids is 1. The minimum atomic E-state index is -0.214. The Labute approximate surface area is 98.8 Å². The molecule has 88 valence electrons. The molecule has 0 aromatic heterocycles. The summed E-state index contributed by atoms with van der Waals surface area (Å²) >= 11 is 3.28. The summed E-state index contributed by atoms with van der Waals surface area (Å²) in [5.74, 6) is 0.0213. The molecule has 1 unspecified atom stereocenters. The van der Waals surface area contributed by atoms with E-state index in [0.717, 1.165) is 31.2 Å². The average molecular weight is 280 g/mol. The fourth-order valence-corrected chi connectivity index (χ4v) is 1.67. The molecule has 1 fully saturated rings. The predicted octanol–water partition coefficient (Wildman–Crippen LogP) is 1.08. The van der Waals surface area contributed by atoms with Crippen LogP contribution in [0.3, 0.4) is 0 Å². The van der Waals surface area contributed by atoms with E-state index < -0.39 is 0 Å². The third-order valence-electron chi connectivity index (χ3n) is 2.21. The SMILES string of the molecule is O=C(NCCCOCCBr)C1CCCO1. The molecular formula is C10H18BrNO3. The molecule has 1 atom stereocenters. The van der Waals surface area contributed by atoms with Crippen molar-refractivity contribution in [2.45, 2.75) is 25.4 Å². The van der Waals surface area contributed by atoms with Crippen molar-refractivity contribution in [3.05, 3.63) is 0 Å². The molecule has 4 nitrogen and oxygen atoms in total. The van der Waals surface area contributed by atoms with Crippen LogP contribution in [0.4, 0.5) is 0 Å². The summed E-state index contributed by atoms with van der Waals surface area (Å²) in [6, 6.07) is 0. The molecule has 0 aromatic rings. The summed E-state index contributed by atoms with van der Waals surface area (Å²) in [5, 5.41) is 3.70. The van der Waals surface area contributed by atoms with E-state index in [1.807, 2.05) is 0 Å². The van der Waals surface area contributed by atoms with Gasteiger partial charge in [-0.05, 0) is 19.3 Å².